The topological polar surface area (TPSA) is 63.2 Å². The van der Waals surface area contributed by atoms with E-state index in [-0.39, 0.29) is 5.75 Å². The Morgan fingerprint density at radius 2 is 0.939 bits per heavy atom. The van der Waals surface area contributed by atoms with Crippen LogP contribution in [0.3, 0.4) is 0 Å². The van der Waals surface area contributed by atoms with Crippen molar-refractivity contribution in [3.05, 3.63) is 114 Å². The maximum atomic E-state index is 13.3. The summed E-state index contributed by atoms with van der Waals surface area (Å²) in [5.41, 5.74) is 4.11. The zero-order chi connectivity index (χ0) is 23.1. The molecule has 6 nitrogen and oxygen atoms in total. The lowest BCUT2D eigenvalue weighted by Crippen LogP contribution is -2.07. The zero-order valence-corrected chi connectivity index (χ0v) is 19.1. The summed E-state index contributed by atoms with van der Waals surface area (Å²) >= 11 is 0. The minimum absolute atomic E-state index is 0.262. The van der Waals surface area contributed by atoms with Crippen LogP contribution in [0.2, 0.25) is 0 Å². The molecule has 0 radical (unpaired) electrons. The summed E-state index contributed by atoms with van der Waals surface area (Å²) in [6.45, 7) is 3.88. The first-order valence-corrected chi connectivity index (χ1v) is 11.8. The summed E-state index contributed by atoms with van der Waals surface area (Å²) in [5.74, 6) is 0.934. The summed E-state index contributed by atoms with van der Waals surface area (Å²) in [6, 6.07) is 30.9. The van der Waals surface area contributed by atoms with Gasteiger partial charge in [-0.15, -0.1) is 0 Å². The van der Waals surface area contributed by atoms with Crippen molar-refractivity contribution in [2.45, 2.75) is 13.8 Å². The van der Waals surface area contributed by atoms with Gasteiger partial charge >= 0.3 is 7.82 Å². The van der Waals surface area contributed by atoms with Gasteiger partial charge < -0.3 is 14.3 Å². The molecule has 0 atom stereocenters. The molecule has 168 valence electrons. The third kappa shape index (κ3) is 6.46. The van der Waals surface area contributed by atoms with E-state index < -0.39 is 7.82 Å². The third-order valence-corrected chi connectivity index (χ3v) is 5.62. The molecule has 0 N–H and O–H groups in total. The lowest BCUT2D eigenvalue weighted by Gasteiger charge is -2.17. The van der Waals surface area contributed by atoms with Gasteiger partial charge in [0.2, 0.25) is 0 Å². The highest BCUT2D eigenvalue weighted by Gasteiger charge is 2.34. The normalized spacial score (nSPS) is 11.1. The lowest BCUT2D eigenvalue weighted by atomic mass is 10.1. The number of benzene rings is 4. The molecule has 0 unspecified atom stereocenters. The van der Waals surface area contributed by atoms with Crippen LogP contribution >= 0.6 is 7.82 Å². The zero-order valence-electron chi connectivity index (χ0n) is 18.2. The Morgan fingerprint density at radius 3 is 1.42 bits per heavy atom. The Bertz CT molecular complexity index is 1150. The van der Waals surface area contributed by atoms with Crippen molar-refractivity contribution >= 4 is 7.82 Å². The molecule has 4 aromatic rings. The largest absolute Gasteiger partial charge is 0.604 e. The molecule has 0 saturated carbocycles. The summed E-state index contributed by atoms with van der Waals surface area (Å²) in [4.78, 5) is 10.4. The van der Waals surface area contributed by atoms with Crippen LogP contribution in [0.1, 0.15) is 11.1 Å². The van der Waals surface area contributed by atoms with Gasteiger partial charge in [0.05, 0.1) is 0 Å². The second-order valence-electron chi connectivity index (χ2n) is 7.37. The minimum Gasteiger partial charge on any atom is -0.400 e. The summed E-state index contributed by atoms with van der Waals surface area (Å²) < 4.78 is 29.1. The average molecular weight is 462 g/mol. The van der Waals surface area contributed by atoms with E-state index in [2.05, 4.69) is 0 Å². The highest BCUT2D eigenvalue weighted by atomic mass is 31.2. The van der Waals surface area contributed by atoms with E-state index in [9.17, 15) is 4.57 Å². The lowest BCUT2D eigenvalue weighted by molar-refractivity contribution is -0.185. The molecule has 4 rings (SSSR count). The molecule has 0 bridgehead atoms. The highest BCUT2D eigenvalue weighted by molar-refractivity contribution is 7.48. The molecule has 0 aliphatic carbocycles. The van der Waals surface area contributed by atoms with Gasteiger partial charge in [-0.25, -0.2) is 4.57 Å². The van der Waals surface area contributed by atoms with Crippen molar-refractivity contribution in [3.8, 4) is 28.4 Å². The number of phosphoric acid groups is 1. The van der Waals surface area contributed by atoms with E-state index in [0.717, 1.165) is 22.3 Å². The van der Waals surface area contributed by atoms with Crippen molar-refractivity contribution < 1.29 is 28.2 Å². The van der Waals surface area contributed by atoms with Gasteiger partial charge in [-0.05, 0) is 61.4 Å². The van der Waals surface area contributed by atoms with E-state index in [4.69, 9.17) is 23.6 Å². The molecule has 0 saturated heterocycles. The SMILES string of the molecule is Cc1ccc(OOP(=O)(OOc2ccc(C)cc2)Oc2ccc(-c3ccccc3)cc2)cc1. The second kappa shape index (κ2) is 10.4. The van der Waals surface area contributed by atoms with Crippen LogP contribution < -0.4 is 14.3 Å². The Hall–Kier alpha value is -3.57. The fourth-order valence-electron chi connectivity index (χ4n) is 2.88. The van der Waals surface area contributed by atoms with Gasteiger partial charge in [-0.3, -0.25) is 0 Å². The maximum Gasteiger partial charge on any atom is 0.604 e. The van der Waals surface area contributed by atoms with Crippen molar-refractivity contribution in [1.82, 2.24) is 0 Å². The van der Waals surface area contributed by atoms with Crippen LogP contribution in [-0.2, 0) is 13.9 Å². The van der Waals surface area contributed by atoms with Gasteiger partial charge in [0.15, 0.2) is 11.5 Å². The monoisotopic (exact) mass is 462 g/mol. The van der Waals surface area contributed by atoms with E-state index in [1.165, 1.54) is 0 Å². The van der Waals surface area contributed by atoms with Crippen molar-refractivity contribution in [2.75, 3.05) is 0 Å². The summed E-state index contributed by atoms with van der Waals surface area (Å²) in [7, 11) is -4.33. The van der Waals surface area contributed by atoms with Crippen LogP contribution in [-0.4, -0.2) is 0 Å². The van der Waals surface area contributed by atoms with Crippen LogP contribution in [0.4, 0.5) is 0 Å². The third-order valence-electron chi connectivity index (χ3n) is 4.67. The number of hydrogen-bond acceptors (Lipinski definition) is 6. The molecule has 7 heteroatoms. The van der Waals surface area contributed by atoms with E-state index in [1.54, 1.807) is 36.4 Å². The van der Waals surface area contributed by atoms with Crippen LogP contribution in [0.5, 0.6) is 17.2 Å². The molecule has 0 aliphatic heterocycles. The quantitative estimate of drug-likeness (QED) is 0.146. The fraction of sp³-hybridized carbons (Fsp3) is 0.0769. The van der Waals surface area contributed by atoms with E-state index in [1.807, 2.05) is 80.6 Å². The molecule has 33 heavy (non-hydrogen) atoms. The Balaban J connectivity index is 1.49. The van der Waals surface area contributed by atoms with Crippen molar-refractivity contribution in [2.24, 2.45) is 0 Å². The van der Waals surface area contributed by atoms with Crippen molar-refractivity contribution in [1.29, 1.82) is 0 Å². The van der Waals surface area contributed by atoms with Gasteiger partial charge in [0.25, 0.3) is 0 Å². The Labute approximate surface area is 192 Å². The smallest absolute Gasteiger partial charge is 0.400 e. The van der Waals surface area contributed by atoms with Crippen LogP contribution in [0, 0.1) is 13.8 Å². The molecule has 4 aromatic carbocycles. The van der Waals surface area contributed by atoms with Gasteiger partial charge in [0.1, 0.15) is 5.75 Å². The first kappa shape index (κ1) is 22.6. The van der Waals surface area contributed by atoms with Crippen LogP contribution in [0.15, 0.2) is 103 Å². The predicted molar refractivity (Wildman–Crippen MR) is 126 cm³/mol. The van der Waals surface area contributed by atoms with Gasteiger partial charge in [-0.2, -0.15) is 0 Å². The van der Waals surface area contributed by atoms with E-state index in [0.29, 0.717) is 11.5 Å². The first-order chi connectivity index (χ1) is 16.0. The van der Waals surface area contributed by atoms with E-state index >= 15 is 0 Å². The fourth-order valence-corrected chi connectivity index (χ4v) is 3.70. The Morgan fingerprint density at radius 1 is 0.515 bits per heavy atom. The molecule has 0 fully saturated rings. The number of hydrogen-bond donors (Lipinski definition) is 0. The molecule has 0 aromatic heterocycles. The van der Waals surface area contributed by atoms with Gasteiger partial charge in [-0.1, -0.05) is 87.2 Å². The molecule has 0 spiro atoms. The number of aryl methyl sites for hydroxylation is 2. The highest BCUT2D eigenvalue weighted by Crippen LogP contribution is 2.50. The molecular formula is C26H23O6P. The summed E-state index contributed by atoms with van der Waals surface area (Å²) in [5, 5.41) is 0. The van der Waals surface area contributed by atoms with Crippen molar-refractivity contribution in [3.63, 3.8) is 0 Å². The first-order valence-electron chi connectivity index (χ1n) is 10.3. The minimum atomic E-state index is -4.33. The van der Waals surface area contributed by atoms with Gasteiger partial charge in [0, 0.05) is 0 Å². The molecule has 0 aliphatic rings. The predicted octanol–water partition coefficient (Wildman–Crippen LogP) is 7.48. The standard InChI is InChI=1S/C26H23O6P/c1-20-8-14-24(15-9-20)28-31-33(27,32-29-25-16-10-21(2)11-17-25)30-26-18-12-23(13-19-26)22-6-4-3-5-7-22/h3-19H,1-2H3. The second-order valence-corrected chi connectivity index (χ2v) is 8.75. The number of rotatable bonds is 9. The average Bonchev–Trinajstić information content (AvgIpc) is 2.85. The Kier molecular flexibility index (Phi) is 7.10. The molecule has 0 amide bonds. The summed E-state index contributed by atoms with van der Waals surface area (Å²) in [6.07, 6.45) is 0. The van der Waals surface area contributed by atoms with Crippen LogP contribution in [0.25, 0.3) is 11.1 Å². The molecule has 0 heterocycles. The molecular weight excluding hydrogens is 439 g/mol. The maximum absolute atomic E-state index is 13.3.